The molecule has 2 aromatic heterocycles. The largest absolute Gasteiger partial charge is 0.457 e. The van der Waals surface area contributed by atoms with Gasteiger partial charge in [0.1, 0.15) is 5.75 Å². The van der Waals surface area contributed by atoms with E-state index in [1.165, 1.54) is 24.7 Å². The molecule has 0 aliphatic rings. The van der Waals surface area contributed by atoms with Gasteiger partial charge in [0, 0.05) is 22.4 Å². The highest BCUT2D eigenvalue weighted by atomic mass is 79.9. The Balaban J connectivity index is 1.69. The molecule has 0 atom stereocenters. The van der Waals surface area contributed by atoms with Crippen LogP contribution >= 0.6 is 15.9 Å². The molecule has 7 nitrogen and oxygen atoms in total. The highest BCUT2D eigenvalue weighted by molar-refractivity contribution is 9.10. The van der Waals surface area contributed by atoms with Crippen LogP contribution in [-0.2, 0) is 0 Å². The van der Waals surface area contributed by atoms with E-state index in [-0.39, 0.29) is 11.5 Å². The Morgan fingerprint density at radius 1 is 1.19 bits per heavy atom. The van der Waals surface area contributed by atoms with Gasteiger partial charge in [0.15, 0.2) is 0 Å². The van der Waals surface area contributed by atoms with Crippen molar-refractivity contribution in [2.45, 2.75) is 0 Å². The van der Waals surface area contributed by atoms with Crippen molar-refractivity contribution in [3.63, 3.8) is 0 Å². The van der Waals surface area contributed by atoms with Crippen molar-refractivity contribution >= 4 is 34.0 Å². The molecule has 0 bridgehead atoms. The topological polar surface area (TPSA) is 93.8 Å². The molecule has 3 rings (SSSR count). The lowest BCUT2D eigenvalue weighted by Crippen LogP contribution is -2.18. The Bertz CT molecular complexity index is 955. The third kappa shape index (κ3) is 4.42. The molecule has 1 N–H and O–H groups in total. The Morgan fingerprint density at radius 3 is 2.81 bits per heavy atom. The van der Waals surface area contributed by atoms with E-state index in [4.69, 9.17) is 9.15 Å². The number of para-hydroxylation sites is 1. The SMILES string of the molecule is O=C(NN=Cc1ccccc1OC(=O)c1ccco1)c1cncc(Br)c1. The zero-order chi connectivity index (χ0) is 18.4. The van der Waals surface area contributed by atoms with Crippen LogP contribution in [0.5, 0.6) is 5.75 Å². The van der Waals surface area contributed by atoms with E-state index in [1.807, 2.05) is 0 Å². The number of hydrogen-bond acceptors (Lipinski definition) is 6. The van der Waals surface area contributed by atoms with Gasteiger partial charge in [-0.25, -0.2) is 10.2 Å². The van der Waals surface area contributed by atoms with Crippen molar-refractivity contribution in [2.24, 2.45) is 5.10 Å². The summed E-state index contributed by atoms with van der Waals surface area (Å²) in [7, 11) is 0. The van der Waals surface area contributed by atoms with E-state index in [1.54, 1.807) is 42.6 Å². The first kappa shape index (κ1) is 17.6. The average molecular weight is 414 g/mol. The summed E-state index contributed by atoms with van der Waals surface area (Å²) < 4.78 is 11.0. The first-order valence-corrected chi connectivity index (χ1v) is 8.21. The quantitative estimate of drug-likeness (QED) is 0.299. The van der Waals surface area contributed by atoms with Gasteiger partial charge in [-0.05, 0) is 46.3 Å². The normalized spacial score (nSPS) is 10.7. The molecule has 1 aromatic carbocycles. The van der Waals surface area contributed by atoms with Gasteiger partial charge in [-0.2, -0.15) is 5.10 Å². The number of aromatic nitrogens is 1. The number of carbonyl (C=O) groups is 2. The van der Waals surface area contributed by atoms with Crippen LogP contribution in [0.25, 0.3) is 0 Å². The second-order valence-corrected chi connectivity index (χ2v) is 5.91. The van der Waals surface area contributed by atoms with E-state index in [0.29, 0.717) is 15.6 Å². The Labute approximate surface area is 156 Å². The average Bonchev–Trinajstić information content (AvgIpc) is 3.18. The third-order valence-electron chi connectivity index (χ3n) is 3.18. The molecule has 1 amide bonds. The zero-order valence-corrected chi connectivity index (χ0v) is 14.8. The number of amides is 1. The number of hydrazone groups is 1. The molecular weight excluding hydrogens is 402 g/mol. The molecule has 2 heterocycles. The predicted octanol–water partition coefficient (Wildman–Crippen LogP) is 3.42. The number of nitrogens with zero attached hydrogens (tertiary/aromatic N) is 2. The Kier molecular flexibility index (Phi) is 5.55. The summed E-state index contributed by atoms with van der Waals surface area (Å²) in [5, 5.41) is 3.90. The molecule has 0 radical (unpaired) electrons. The smallest absolute Gasteiger partial charge is 0.379 e. The molecule has 0 aliphatic carbocycles. The maximum absolute atomic E-state index is 12.0. The summed E-state index contributed by atoms with van der Waals surface area (Å²) in [5.74, 6) is -0.663. The lowest BCUT2D eigenvalue weighted by Gasteiger charge is -2.05. The number of rotatable bonds is 5. The third-order valence-corrected chi connectivity index (χ3v) is 3.61. The number of carbonyl (C=O) groups excluding carboxylic acids is 2. The van der Waals surface area contributed by atoms with Crippen LogP contribution in [0.2, 0.25) is 0 Å². The van der Waals surface area contributed by atoms with Crippen LogP contribution < -0.4 is 10.2 Å². The highest BCUT2D eigenvalue weighted by Crippen LogP contribution is 2.18. The molecule has 0 spiro atoms. The lowest BCUT2D eigenvalue weighted by molar-refractivity contribution is 0.0701. The van der Waals surface area contributed by atoms with Gasteiger partial charge in [-0.15, -0.1) is 0 Å². The molecule has 0 saturated heterocycles. The molecule has 0 unspecified atom stereocenters. The van der Waals surface area contributed by atoms with Gasteiger partial charge in [0.25, 0.3) is 5.91 Å². The molecule has 130 valence electrons. The van der Waals surface area contributed by atoms with Gasteiger partial charge in [-0.3, -0.25) is 9.78 Å². The summed E-state index contributed by atoms with van der Waals surface area (Å²) in [6.07, 6.45) is 5.77. The number of benzene rings is 1. The molecule has 0 aliphatic heterocycles. The fraction of sp³-hybridized carbons (Fsp3) is 0. The molecule has 26 heavy (non-hydrogen) atoms. The maximum Gasteiger partial charge on any atom is 0.379 e. The molecular formula is C18H12BrN3O4. The second-order valence-electron chi connectivity index (χ2n) is 5.00. The molecule has 8 heteroatoms. The molecule has 0 fully saturated rings. The number of nitrogens with one attached hydrogen (secondary N) is 1. The van der Waals surface area contributed by atoms with Crippen LogP contribution in [0.1, 0.15) is 26.5 Å². The number of esters is 1. The number of halogens is 1. The number of ether oxygens (including phenoxy) is 1. The fourth-order valence-corrected chi connectivity index (χ4v) is 2.35. The van der Waals surface area contributed by atoms with Gasteiger partial charge < -0.3 is 9.15 Å². The van der Waals surface area contributed by atoms with Crippen molar-refractivity contribution in [2.75, 3.05) is 0 Å². The molecule has 0 saturated carbocycles. The minimum Gasteiger partial charge on any atom is -0.457 e. The van der Waals surface area contributed by atoms with Crippen LogP contribution in [0.15, 0.2) is 75.1 Å². The van der Waals surface area contributed by atoms with Crippen molar-refractivity contribution in [3.8, 4) is 5.75 Å². The van der Waals surface area contributed by atoms with Gasteiger partial charge in [-0.1, -0.05) is 12.1 Å². The van der Waals surface area contributed by atoms with Crippen LogP contribution in [0.4, 0.5) is 0 Å². The maximum atomic E-state index is 12.0. The number of pyridine rings is 1. The van der Waals surface area contributed by atoms with Gasteiger partial charge in [0.05, 0.1) is 18.0 Å². The second kappa shape index (κ2) is 8.21. The monoisotopic (exact) mass is 413 g/mol. The van der Waals surface area contributed by atoms with E-state index in [9.17, 15) is 9.59 Å². The summed E-state index contributed by atoms with van der Waals surface area (Å²) >= 11 is 3.25. The first-order chi connectivity index (χ1) is 12.6. The Morgan fingerprint density at radius 2 is 2.04 bits per heavy atom. The van der Waals surface area contributed by atoms with E-state index in [2.05, 4.69) is 31.4 Å². The first-order valence-electron chi connectivity index (χ1n) is 7.42. The fourth-order valence-electron chi connectivity index (χ4n) is 1.99. The van der Waals surface area contributed by atoms with Crippen LogP contribution in [0, 0.1) is 0 Å². The summed E-state index contributed by atoms with van der Waals surface area (Å²) in [5.41, 5.74) is 3.26. The Hall–Kier alpha value is -3.26. The molecule has 3 aromatic rings. The summed E-state index contributed by atoms with van der Waals surface area (Å²) in [6, 6.07) is 11.5. The van der Waals surface area contributed by atoms with E-state index in [0.717, 1.165) is 0 Å². The zero-order valence-electron chi connectivity index (χ0n) is 13.3. The number of hydrogen-bond donors (Lipinski definition) is 1. The number of furan rings is 1. The van der Waals surface area contributed by atoms with Crippen molar-refractivity contribution in [3.05, 3.63) is 82.5 Å². The van der Waals surface area contributed by atoms with Gasteiger partial charge >= 0.3 is 5.97 Å². The van der Waals surface area contributed by atoms with Gasteiger partial charge in [0.2, 0.25) is 5.76 Å². The van der Waals surface area contributed by atoms with Crippen LogP contribution in [0.3, 0.4) is 0 Å². The van der Waals surface area contributed by atoms with Crippen LogP contribution in [-0.4, -0.2) is 23.1 Å². The van der Waals surface area contributed by atoms with E-state index < -0.39 is 11.9 Å². The minimum atomic E-state index is -0.625. The van der Waals surface area contributed by atoms with Crippen molar-refractivity contribution in [1.82, 2.24) is 10.4 Å². The summed E-state index contributed by atoms with van der Waals surface area (Å²) in [6.45, 7) is 0. The predicted molar refractivity (Wildman–Crippen MR) is 97.1 cm³/mol. The van der Waals surface area contributed by atoms with Crippen molar-refractivity contribution in [1.29, 1.82) is 0 Å². The van der Waals surface area contributed by atoms with E-state index >= 15 is 0 Å². The highest BCUT2D eigenvalue weighted by Gasteiger charge is 2.13. The standard InChI is InChI=1S/C18H12BrN3O4/c19-14-8-13(9-20-11-14)17(23)22-21-10-12-4-1-2-5-15(12)26-18(24)16-6-3-7-25-16/h1-11H,(H,22,23). The minimum absolute atomic E-state index is 0.0900. The van der Waals surface area contributed by atoms with Crippen molar-refractivity contribution < 1.29 is 18.7 Å². The summed E-state index contributed by atoms with van der Waals surface area (Å²) in [4.78, 5) is 27.9. The lowest BCUT2D eigenvalue weighted by atomic mass is 10.2.